The Labute approximate surface area is 349 Å². The Hall–Kier alpha value is -4.19. The first-order valence-electron chi connectivity index (χ1n) is 20.4. The van der Waals surface area contributed by atoms with E-state index in [1.807, 2.05) is 12.1 Å². The molecule has 0 amide bonds. The van der Waals surface area contributed by atoms with Gasteiger partial charge in [-0.1, -0.05) is 103 Å². The first-order chi connectivity index (χ1) is 27.6. The SMILES string of the molecule is CCCCCCCCCc1cc(-c2ccc(-c3c4c(c(-c5ccc(-c6ccc(C#N)c(CCCCCCCCC)c6)s5)c5nsnc35)NSN4)s2)ccc1C#N. The number of nitriles is 2. The Balaban J connectivity index is 1.13. The van der Waals surface area contributed by atoms with Crippen molar-refractivity contribution in [3.05, 3.63) is 82.9 Å². The van der Waals surface area contributed by atoms with E-state index in [-0.39, 0.29) is 0 Å². The molecule has 0 saturated heterocycles. The maximum absolute atomic E-state index is 9.87. The summed E-state index contributed by atoms with van der Waals surface area (Å²) in [5.41, 5.74) is 12.2. The number of hydrogen-bond donors (Lipinski definition) is 2. The van der Waals surface area contributed by atoms with Crippen LogP contribution in [0.1, 0.15) is 126 Å². The van der Waals surface area contributed by atoms with Gasteiger partial charge in [0.15, 0.2) is 0 Å². The highest BCUT2D eigenvalue weighted by molar-refractivity contribution is 8.02. The molecule has 2 N–H and O–H groups in total. The monoisotopic (exact) mass is 814 g/mol. The summed E-state index contributed by atoms with van der Waals surface area (Å²) in [6.45, 7) is 4.51. The predicted molar refractivity (Wildman–Crippen MR) is 243 cm³/mol. The summed E-state index contributed by atoms with van der Waals surface area (Å²) in [5.74, 6) is 0. The van der Waals surface area contributed by atoms with Gasteiger partial charge in [-0.05, 0) is 96.5 Å². The zero-order chi connectivity index (χ0) is 38.7. The molecule has 0 radical (unpaired) electrons. The standard InChI is InChI=1S/C46H50N6S4/c1-3-5-7-9-11-13-15-17-31-27-33(19-21-35(31)29-47)37-23-25-39(53-37)41-43-45(51-55-49-43)42(46-44(41)50-56-52-46)40-26-24-38(54-40)34-20-22-36(30-48)32(28-34)18-16-14-12-10-8-6-4-2/h19-28,49,51H,3-18H2,1-2H3. The number of unbranched alkanes of at least 4 members (excludes halogenated alkanes) is 12. The van der Waals surface area contributed by atoms with Gasteiger partial charge in [0.2, 0.25) is 0 Å². The van der Waals surface area contributed by atoms with Crippen LogP contribution < -0.4 is 9.44 Å². The van der Waals surface area contributed by atoms with Gasteiger partial charge in [0, 0.05) is 30.6 Å². The van der Waals surface area contributed by atoms with Crippen molar-refractivity contribution in [3.63, 3.8) is 0 Å². The molecular weight excluding hydrogens is 765 g/mol. The lowest BCUT2D eigenvalue weighted by Crippen LogP contribution is -1.92. The van der Waals surface area contributed by atoms with E-state index < -0.39 is 0 Å². The van der Waals surface area contributed by atoms with Gasteiger partial charge in [0.25, 0.3) is 0 Å². The second-order valence-corrected chi connectivity index (χ2v) is 18.1. The number of benzene rings is 3. The Bertz CT molecular complexity index is 2180. The van der Waals surface area contributed by atoms with Gasteiger partial charge in [-0.2, -0.15) is 19.3 Å². The molecule has 6 aromatic rings. The van der Waals surface area contributed by atoms with E-state index in [1.54, 1.807) is 22.7 Å². The van der Waals surface area contributed by atoms with Gasteiger partial charge in [-0.15, -0.1) is 22.7 Å². The van der Waals surface area contributed by atoms with Gasteiger partial charge in [-0.3, -0.25) is 0 Å². The van der Waals surface area contributed by atoms with Crippen LogP contribution in [-0.2, 0) is 12.8 Å². The first kappa shape index (κ1) is 40.0. The Morgan fingerprint density at radius 3 is 1.36 bits per heavy atom. The van der Waals surface area contributed by atoms with E-state index in [0.717, 1.165) is 102 Å². The van der Waals surface area contributed by atoms with Crippen molar-refractivity contribution in [1.82, 2.24) is 8.75 Å². The molecule has 4 heterocycles. The average Bonchev–Trinajstić information content (AvgIpc) is 4.07. The van der Waals surface area contributed by atoms with Crippen LogP contribution in [0.5, 0.6) is 0 Å². The van der Waals surface area contributed by atoms with E-state index in [4.69, 9.17) is 8.75 Å². The molecule has 0 unspecified atom stereocenters. The number of nitrogens with one attached hydrogen (secondary N) is 2. The summed E-state index contributed by atoms with van der Waals surface area (Å²) in [4.78, 5) is 4.62. The zero-order valence-corrected chi connectivity index (χ0v) is 35.8. The maximum Gasteiger partial charge on any atom is 0.116 e. The van der Waals surface area contributed by atoms with Gasteiger partial charge >= 0.3 is 0 Å². The molecule has 56 heavy (non-hydrogen) atoms. The Morgan fingerprint density at radius 2 is 0.929 bits per heavy atom. The van der Waals surface area contributed by atoms with Crippen LogP contribution in [0.2, 0.25) is 0 Å². The molecule has 0 spiro atoms. The van der Waals surface area contributed by atoms with Crippen molar-refractivity contribution in [2.45, 2.75) is 117 Å². The van der Waals surface area contributed by atoms with E-state index in [2.05, 4.69) is 84.0 Å². The smallest absolute Gasteiger partial charge is 0.116 e. The van der Waals surface area contributed by atoms with Crippen molar-refractivity contribution in [1.29, 1.82) is 10.5 Å². The molecule has 0 atom stereocenters. The van der Waals surface area contributed by atoms with Crippen molar-refractivity contribution < 1.29 is 0 Å². The molecule has 288 valence electrons. The summed E-state index contributed by atoms with van der Waals surface area (Å²) in [5, 5.41) is 19.7. The van der Waals surface area contributed by atoms with Gasteiger partial charge < -0.3 is 9.44 Å². The van der Waals surface area contributed by atoms with Crippen molar-refractivity contribution in [2.24, 2.45) is 0 Å². The highest BCUT2D eigenvalue weighted by Gasteiger charge is 2.29. The largest absolute Gasteiger partial charge is 0.309 e. The molecule has 0 fully saturated rings. The van der Waals surface area contributed by atoms with Crippen molar-refractivity contribution in [2.75, 3.05) is 9.44 Å². The maximum atomic E-state index is 9.87. The molecule has 1 aliphatic rings. The molecule has 3 aromatic carbocycles. The summed E-state index contributed by atoms with van der Waals surface area (Å²) < 4.78 is 16.9. The molecule has 10 heteroatoms. The highest BCUT2D eigenvalue weighted by Crippen LogP contribution is 2.54. The predicted octanol–water partition coefficient (Wildman–Crippen LogP) is 15.2. The molecule has 6 nitrogen and oxygen atoms in total. The zero-order valence-electron chi connectivity index (χ0n) is 32.5. The van der Waals surface area contributed by atoms with Gasteiger partial charge in [0.1, 0.15) is 11.0 Å². The lowest BCUT2D eigenvalue weighted by molar-refractivity contribution is 0.589. The number of fused-ring (bicyclic) bond motifs is 2. The first-order valence-corrected chi connectivity index (χ1v) is 23.6. The van der Waals surface area contributed by atoms with Gasteiger partial charge in [-0.25, -0.2) is 0 Å². The molecule has 7 rings (SSSR count). The Morgan fingerprint density at radius 1 is 0.518 bits per heavy atom. The van der Waals surface area contributed by atoms with Crippen LogP contribution in [0.3, 0.4) is 0 Å². The molecule has 0 saturated carbocycles. The number of aryl methyl sites for hydroxylation is 2. The number of nitrogens with zero attached hydrogens (tertiary/aromatic N) is 4. The van der Waals surface area contributed by atoms with Crippen LogP contribution in [0.4, 0.5) is 11.4 Å². The lowest BCUT2D eigenvalue weighted by atomic mass is 9.98. The van der Waals surface area contributed by atoms with Crippen molar-refractivity contribution >= 4 is 68.9 Å². The van der Waals surface area contributed by atoms with Crippen LogP contribution in [0.15, 0.2) is 60.7 Å². The van der Waals surface area contributed by atoms with Crippen LogP contribution in [0.25, 0.3) is 52.8 Å². The fourth-order valence-corrected chi connectivity index (χ4v) is 11.1. The minimum atomic E-state index is 0.785. The normalized spacial score (nSPS) is 12.0. The van der Waals surface area contributed by atoms with E-state index in [9.17, 15) is 10.5 Å². The van der Waals surface area contributed by atoms with Crippen LogP contribution >= 0.6 is 46.5 Å². The van der Waals surface area contributed by atoms with Gasteiger partial charge in [0.05, 0.1) is 58.5 Å². The summed E-state index contributed by atoms with van der Waals surface area (Å²) in [7, 11) is 0. The number of anilines is 2. The van der Waals surface area contributed by atoms with E-state index in [1.165, 1.54) is 111 Å². The van der Waals surface area contributed by atoms with Crippen LogP contribution in [-0.4, -0.2) is 8.75 Å². The quantitative estimate of drug-likeness (QED) is 0.0585. The summed E-state index contributed by atoms with van der Waals surface area (Å²) in [6.07, 6.45) is 19.5. The Kier molecular flexibility index (Phi) is 14.1. The molecule has 0 aliphatic carbocycles. The molecule has 0 bridgehead atoms. The lowest BCUT2D eigenvalue weighted by Gasteiger charge is -2.11. The topological polar surface area (TPSA) is 97.4 Å². The minimum Gasteiger partial charge on any atom is -0.309 e. The second-order valence-electron chi connectivity index (χ2n) is 14.8. The van der Waals surface area contributed by atoms with E-state index >= 15 is 0 Å². The highest BCUT2D eigenvalue weighted by atomic mass is 32.2. The molecule has 3 aromatic heterocycles. The number of aromatic nitrogens is 2. The third-order valence-electron chi connectivity index (χ3n) is 10.8. The summed E-state index contributed by atoms with van der Waals surface area (Å²) >= 11 is 6.25. The molecular formula is C46H50N6S4. The van der Waals surface area contributed by atoms with Crippen LogP contribution in [0, 0.1) is 22.7 Å². The number of hydrogen-bond acceptors (Lipinski definition) is 10. The second kappa shape index (κ2) is 19.8. The fraction of sp³-hybridized carbons (Fsp3) is 0.391. The summed E-state index contributed by atoms with van der Waals surface area (Å²) in [6, 6.07) is 26.3. The molecule has 1 aliphatic heterocycles. The third kappa shape index (κ3) is 9.16. The fourth-order valence-electron chi connectivity index (χ4n) is 7.74. The number of thiophene rings is 2. The number of rotatable bonds is 20. The third-order valence-corrected chi connectivity index (χ3v) is 14.3. The van der Waals surface area contributed by atoms with E-state index in [0.29, 0.717) is 0 Å². The average molecular weight is 815 g/mol. The minimum absolute atomic E-state index is 0.785. The van der Waals surface area contributed by atoms with Crippen molar-refractivity contribution in [3.8, 4) is 53.9 Å².